The summed E-state index contributed by atoms with van der Waals surface area (Å²) in [6, 6.07) is 2.91. The van der Waals surface area contributed by atoms with E-state index in [1.165, 1.54) is 44.6 Å². The van der Waals surface area contributed by atoms with Crippen molar-refractivity contribution in [3.05, 3.63) is 34.2 Å². The maximum Gasteiger partial charge on any atom is 0.252 e. The van der Waals surface area contributed by atoms with E-state index in [0.29, 0.717) is 18.0 Å². The van der Waals surface area contributed by atoms with Gasteiger partial charge in [0.05, 0.1) is 5.56 Å². The van der Waals surface area contributed by atoms with E-state index >= 15 is 0 Å². The summed E-state index contributed by atoms with van der Waals surface area (Å²) in [5.74, 6) is 0.298. The van der Waals surface area contributed by atoms with Gasteiger partial charge in [-0.05, 0) is 37.9 Å². The van der Waals surface area contributed by atoms with E-state index < -0.39 is 0 Å². The van der Waals surface area contributed by atoms with Crippen LogP contribution in [0, 0.1) is 5.92 Å². The van der Waals surface area contributed by atoms with Crippen molar-refractivity contribution in [1.82, 2.24) is 15.2 Å². The zero-order valence-corrected chi connectivity index (χ0v) is 12.0. The van der Waals surface area contributed by atoms with Gasteiger partial charge in [0, 0.05) is 25.4 Å². The number of H-pyrrole nitrogens is 1. The normalized spacial score (nSPS) is 17.6. The van der Waals surface area contributed by atoms with Crippen molar-refractivity contribution in [3.8, 4) is 0 Å². The van der Waals surface area contributed by atoms with Gasteiger partial charge in [-0.3, -0.25) is 9.59 Å². The molecule has 1 aliphatic rings. The van der Waals surface area contributed by atoms with Crippen LogP contribution in [0.5, 0.6) is 0 Å². The molecular weight excluding hydrogens is 254 g/mol. The monoisotopic (exact) mass is 277 g/mol. The fraction of sp³-hybridized carbons (Fsp3) is 0.600. The van der Waals surface area contributed by atoms with E-state index in [4.69, 9.17) is 0 Å². The molecule has 1 unspecified atom stereocenters. The van der Waals surface area contributed by atoms with Crippen LogP contribution < -0.4 is 10.9 Å². The summed E-state index contributed by atoms with van der Waals surface area (Å²) in [5, 5.41) is 2.92. The van der Waals surface area contributed by atoms with E-state index in [0.717, 1.165) is 6.54 Å². The second-order valence-electron chi connectivity index (χ2n) is 5.62. The number of amides is 1. The Kier molecular flexibility index (Phi) is 5.35. The molecule has 1 amide bonds. The molecule has 0 bridgehead atoms. The van der Waals surface area contributed by atoms with Crippen molar-refractivity contribution >= 4 is 5.91 Å². The Morgan fingerprint density at radius 2 is 2.10 bits per heavy atom. The second kappa shape index (κ2) is 7.24. The van der Waals surface area contributed by atoms with Crippen molar-refractivity contribution in [2.24, 2.45) is 5.92 Å². The number of piperidine rings is 1. The Bertz CT molecular complexity index is 472. The van der Waals surface area contributed by atoms with Crippen LogP contribution in [0.1, 0.15) is 36.5 Å². The summed E-state index contributed by atoms with van der Waals surface area (Å²) >= 11 is 0. The van der Waals surface area contributed by atoms with Gasteiger partial charge in [-0.15, -0.1) is 0 Å². The van der Waals surface area contributed by atoms with Crippen LogP contribution >= 0.6 is 0 Å². The third-order valence-electron chi connectivity index (χ3n) is 3.68. The average Bonchev–Trinajstić information content (AvgIpc) is 2.46. The summed E-state index contributed by atoms with van der Waals surface area (Å²) in [5.41, 5.74) is 0.301. The average molecular weight is 277 g/mol. The summed E-state index contributed by atoms with van der Waals surface area (Å²) in [4.78, 5) is 27.8. The molecule has 1 saturated heterocycles. The van der Waals surface area contributed by atoms with Gasteiger partial charge < -0.3 is 15.2 Å². The molecule has 2 rings (SSSR count). The molecule has 2 N–H and O–H groups in total. The van der Waals surface area contributed by atoms with Crippen molar-refractivity contribution in [1.29, 1.82) is 0 Å². The SMILES string of the molecule is CC(CNC(=O)c1ccc(=O)[nH]c1)CN1CCCCC1. The molecule has 0 aromatic carbocycles. The topological polar surface area (TPSA) is 65.2 Å². The predicted molar refractivity (Wildman–Crippen MR) is 78.9 cm³/mol. The van der Waals surface area contributed by atoms with Gasteiger partial charge in [-0.2, -0.15) is 0 Å². The Hall–Kier alpha value is -1.62. The minimum Gasteiger partial charge on any atom is -0.352 e. The highest BCUT2D eigenvalue weighted by molar-refractivity contribution is 5.93. The molecule has 1 atom stereocenters. The number of hydrogen-bond donors (Lipinski definition) is 2. The van der Waals surface area contributed by atoms with Gasteiger partial charge in [0.1, 0.15) is 0 Å². The number of aromatic nitrogens is 1. The first-order valence-corrected chi connectivity index (χ1v) is 7.34. The van der Waals surface area contributed by atoms with Gasteiger partial charge in [0.2, 0.25) is 5.56 Å². The third kappa shape index (κ3) is 4.49. The fourth-order valence-electron chi connectivity index (χ4n) is 2.57. The Labute approximate surface area is 119 Å². The second-order valence-corrected chi connectivity index (χ2v) is 5.62. The molecule has 1 aromatic rings. The van der Waals surface area contributed by atoms with Crippen LogP contribution in [0.25, 0.3) is 0 Å². The number of rotatable bonds is 5. The van der Waals surface area contributed by atoms with Crippen molar-refractivity contribution in [2.75, 3.05) is 26.2 Å². The van der Waals surface area contributed by atoms with Gasteiger partial charge in [0.15, 0.2) is 0 Å². The predicted octanol–water partition coefficient (Wildman–Crippen LogP) is 1.23. The molecule has 0 saturated carbocycles. The molecule has 0 aliphatic carbocycles. The van der Waals surface area contributed by atoms with Crippen LogP contribution in [0.4, 0.5) is 0 Å². The third-order valence-corrected chi connectivity index (χ3v) is 3.68. The molecule has 2 heterocycles. The molecule has 110 valence electrons. The first-order chi connectivity index (χ1) is 9.65. The standard InChI is InChI=1S/C15H23N3O2/c1-12(11-18-7-3-2-4-8-18)9-17-15(20)13-5-6-14(19)16-10-13/h5-6,10,12H,2-4,7-9,11H2,1H3,(H,16,19)(H,17,20). The molecule has 1 aromatic heterocycles. The van der Waals surface area contributed by atoms with Crippen LogP contribution in [0.3, 0.4) is 0 Å². The van der Waals surface area contributed by atoms with Gasteiger partial charge >= 0.3 is 0 Å². The lowest BCUT2D eigenvalue weighted by molar-refractivity contribution is 0.0942. The van der Waals surface area contributed by atoms with Crippen LogP contribution in [0.2, 0.25) is 0 Å². The first-order valence-electron chi connectivity index (χ1n) is 7.34. The number of nitrogens with zero attached hydrogens (tertiary/aromatic N) is 1. The fourth-order valence-corrected chi connectivity index (χ4v) is 2.57. The van der Waals surface area contributed by atoms with Crippen molar-refractivity contribution in [2.45, 2.75) is 26.2 Å². The van der Waals surface area contributed by atoms with E-state index in [1.54, 1.807) is 6.07 Å². The van der Waals surface area contributed by atoms with E-state index in [2.05, 4.69) is 22.1 Å². The zero-order chi connectivity index (χ0) is 14.4. The maximum absolute atomic E-state index is 11.9. The number of nitrogens with one attached hydrogen (secondary N) is 2. The Morgan fingerprint density at radius 1 is 1.35 bits per heavy atom. The molecule has 0 spiro atoms. The molecular formula is C15H23N3O2. The van der Waals surface area contributed by atoms with Crippen LogP contribution in [0.15, 0.2) is 23.1 Å². The maximum atomic E-state index is 11.9. The lowest BCUT2D eigenvalue weighted by atomic mass is 10.1. The summed E-state index contributed by atoms with van der Waals surface area (Å²) in [7, 11) is 0. The molecule has 1 fully saturated rings. The summed E-state index contributed by atoms with van der Waals surface area (Å²) in [6.07, 6.45) is 5.37. The highest BCUT2D eigenvalue weighted by Gasteiger charge is 2.14. The molecule has 20 heavy (non-hydrogen) atoms. The molecule has 0 radical (unpaired) electrons. The zero-order valence-electron chi connectivity index (χ0n) is 12.0. The largest absolute Gasteiger partial charge is 0.352 e. The van der Waals surface area contributed by atoms with E-state index in [9.17, 15) is 9.59 Å². The van der Waals surface area contributed by atoms with E-state index in [1.807, 2.05) is 0 Å². The van der Waals surface area contributed by atoms with Gasteiger partial charge in [-0.25, -0.2) is 0 Å². The number of aromatic amines is 1. The first kappa shape index (κ1) is 14.8. The number of likely N-dealkylation sites (tertiary alicyclic amines) is 1. The lowest BCUT2D eigenvalue weighted by Gasteiger charge is -2.29. The van der Waals surface area contributed by atoms with Crippen LogP contribution in [-0.4, -0.2) is 42.0 Å². The minimum absolute atomic E-state index is 0.133. The summed E-state index contributed by atoms with van der Waals surface area (Å²) < 4.78 is 0. The lowest BCUT2D eigenvalue weighted by Crippen LogP contribution is -2.38. The highest BCUT2D eigenvalue weighted by Crippen LogP contribution is 2.10. The summed E-state index contributed by atoms with van der Waals surface area (Å²) in [6.45, 7) is 6.21. The number of carbonyl (C=O) groups excluding carboxylic acids is 1. The van der Waals surface area contributed by atoms with Crippen molar-refractivity contribution in [3.63, 3.8) is 0 Å². The molecule has 5 nitrogen and oxygen atoms in total. The van der Waals surface area contributed by atoms with Gasteiger partial charge in [-0.1, -0.05) is 13.3 Å². The minimum atomic E-state index is -0.194. The quantitative estimate of drug-likeness (QED) is 0.850. The van der Waals surface area contributed by atoms with Crippen LogP contribution in [-0.2, 0) is 0 Å². The highest BCUT2D eigenvalue weighted by atomic mass is 16.1. The Balaban J connectivity index is 1.74. The number of hydrogen-bond acceptors (Lipinski definition) is 3. The number of pyridine rings is 1. The molecule has 1 aliphatic heterocycles. The van der Waals surface area contributed by atoms with Gasteiger partial charge in [0.25, 0.3) is 5.91 Å². The smallest absolute Gasteiger partial charge is 0.252 e. The van der Waals surface area contributed by atoms with Crippen molar-refractivity contribution < 1.29 is 4.79 Å². The van der Waals surface area contributed by atoms with E-state index in [-0.39, 0.29) is 11.5 Å². The number of carbonyl (C=O) groups is 1. The Morgan fingerprint density at radius 3 is 2.75 bits per heavy atom. The molecule has 5 heteroatoms.